The van der Waals surface area contributed by atoms with E-state index in [0.29, 0.717) is 11.1 Å². The molecule has 5 rings (SSSR count). The third kappa shape index (κ3) is 2.46. The average molecular weight is 380 g/mol. The first kappa shape index (κ1) is 17.4. The first-order valence-corrected chi connectivity index (χ1v) is 9.75. The van der Waals surface area contributed by atoms with E-state index >= 15 is 0 Å². The summed E-state index contributed by atoms with van der Waals surface area (Å²) in [6.07, 6.45) is 0. The third-order valence-corrected chi connectivity index (χ3v) is 5.48. The molecule has 0 atom stereocenters. The van der Waals surface area contributed by atoms with Gasteiger partial charge in [-0.2, -0.15) is 0 Å². The molecule has 142 valence electrons. The number of hydrogen-bond donors (Lipinski definition) is 0. The molecule has 0 bridgehead atoms. The molecule has 2 aliphatic heterocycles. The molecule has 0 aromatic heterocycles. The first-order chi connectivity index (χ1) is 14.1. The van der Waals surface area contributed by atoms with Crippen LogP contribution in [0.5, 0.6) is 0 Å². The molecule has 0 saturated heterocycles. The highest BCUT2D eigenvalue weighted by Crippen LogP contribution is 2.48. The largest absolute Gasteiger partial charge is 0.305 e. The Balaban J connectivity index is 1.80. The highest BCUT2D eigenvalue weighted by molar-refractivity contribution is 6.50. The predicted octanol–water partition coefficient (Wildman–Crippen LogP) is 5.03. The molecule has 2 amide bonds. The Morgan fingerprint density at radius 2 is 1.14 bits per heavy atom. The summed E-state index contributed by atoms with van der Waals surface area (Å²) in [6, 6.07) is 25.0. The van der Waals surface area contributed by atoms with Crippen LogP contribution in [0.3, 0.4) is 0 Å². The summed E-state index contributed by atoms with van der Waals surface area (Å²) in [4.78, 5) is 30.6. The van der Waals surface area contributed by atoms with E-state index in [1.54, 1.807) is 9.80 Å². The molecular weight excluding hydrogens is 360 g/mol. The highest BCUT2D eigenvalue weighted by atomic mass is 16.2. The molecule has 4 nitrogen and oxygen atoms in total. The van der Waals surface area contributed by atoms with E-state index in [1.807, 2.05) is 92.7 Å². The van der Waals surface area contributed by atoms with Crippen LogP contribution in [0.4, 0.5) is 17.1 Å². The second kappa shape index (κ2) is 6.45. The zero-order valence-electron chi connectivity index (χ0n) is 16.3. The summed E-state index contributed by atoms with van der Waals surface area (Å²) in [7, 11) is 0. The number of carbonyl (C=O) groups excluding carboxylic acids is 2. The lowest BCUT2D eigenvalue weighted by Crippen LogP contribution is -2.33. The summed E-state index contributed by atoms with van der Waals surface area (Å²) in [5, 5.41) is 0. The van der Waals surface area contributed by atoms with Crippen LogP contribution in [-0.2, 0) is 9.59 Å². The summed E-state index contributed by atoms with van der Waals surface area (Å²) < 4.78 is 0. The van der Waals surface area contributed by atoms with Gasteiger partial charge in [-0.3, -0.25) is 14.5 Å². The van der Waals surface area contributed by atoms with Gasteiger partial charge in [-0.05, 0) is 38.1 Å². The van der Waals surface area contributed by atoms with Crippen molar-refractivity contribution in [1.29, 1.82) is 0 Å². The van der Waals surface area contributed by atoms with E-state index in [0.717, 1.165) is 28.2 Å². The molecule has 2 heterocycles. The number of fused-ring (bicyclic) bond motifs is 2. The summed E-state index contributed by atoms with van der Waals surface area (Å²) >= 11 is 0. The number of anilines is 3. The molecule has 29 heavy (non-hydrogen) atoms. The van der Waals surface area contributed by atoms with Crippen LogP contribution in [0.2, 0.25) is 0 Å². The molecule has 0 fully saturated rings. The molecule has 2 aliphatic rings. The lowest BCUT2D eigenvalue weighted by molar-refractivity contribution is -0.114. The number of hydrogen-bond acceptors (Lipinski definition) is 2. The summed E-state index contributed by atoms with van der Waals surface area (Å²) in [5.74, 6) is -0.282. The van der Waals surface area contributed by atoms with E-state index in [-0.39, 0.29) is 17.9 Å². The van der Waals surface area contributed by atoms with Crippen LogP contribution in [-0.4, -0.2) is 17.9 Å². The van der Waals surface area contributed by atoms with Crippen molar-refractivity contribution >= 4 is 40.0 Å². The molecular formula is C25H20N2O2. The normalized spacial score (nSPS) is 17.9. The summed E-state index contributed by atoms with van der Waals surface area (Å²) in [6.45, 7) is 3.98. The Bertz CT molecular complexity index is 1180. The predicted molar refractivity (Wildman–Crippen MR) is 116 cm³/mol. The maximum absolute atomic E-state index is 13.7. The van der Waals surface area contributed by atoms with Gasteiger partial charge in [0, 0.05) is 22.9 Å². The van der Waals surface area contributed by atoms with Crippen LogP contribution >= 0.6 is 0 Å². The fourth-order valence-electron chi connectivity index (χ4n) is 4.29. The Kier molecular flexibility index (Phi) is 3.88. The molecule has 0 unspecified atom stereocenters. The minimum Gasteiger partial charge on any atom is -0.305 e. The van der Waals surface area contributed by atoms with Crippen molar-refractivity contribution in [2.24, 2.45) is 0 Å². The number of para-hydroxylation sites is 3. The van der Waals surface area contributed by atoms with Crippen molar-refractivity contribution in [2.45, 2.75) is 19.9 Å². The standard InChI is InChI=1S/C25H20N2O2/c1-16(2)26-20-14-8-6-12-18(20)22(24(26)28)23-19-13-7-9-15-21(19)27(25(23)29)17-10-4-3-5-11-17/h3-16H,1-2H3/b23-22-. The third-order valence-electron chi connectivity index (χ3n) is 5.48. The van der Waals surface area contributed by atoms with E-state index in [4.69, 9.17) is 0 Å². The van der Waals surface area contributed by atoms with Gasteiger partial charge in [0.15, 0.2) is 0 Å². The maximum Gasteiger partial charge on any atom is 0.264 e. The van der Waals surface area contributed by atoms with E-state index in [9.17, 15) is 9.59 Å². The van der Waals surface area contributed by atoms with Crippen LogP contribution in [0.1, 0.15) is 25.0 Å². The minimum absolute atomic E-state index is 0.00118. The Morgan fingerprint density at radius 1 is 0.621 bits per heavy atom. The fourth-order valence-corrected chi connectivity index (χ4v) is 4.29. The molecule has 0 radical (unpaired) electrons. The number of rotatable bonds is 2. The van der Waals surface area contributed by atoms with Gasteiger partial charge in [0.25, 0.3) is 11.8 Å². The van der Waals surface area contributed by atoms with Gasteiger partial charge in [0.1, 0.15) is 0 Å². The van der Waals surface area contributed by atoms with E-state index in [2.05, 4.69) is 0 Å². The molecule has 0 aliphatic carbocycles. The second-order valence-electron chi connectivity index (χ2n) is 7.53. The summed E-state index contributed by atoms with van der Waals surface area (Å²) in [5.41, 5.74) is 5.04. The molecule has 3 aromatic rings. The number of carbonyl (C=O) groups is 2. The highest BCUT2D eigenvalue weighted by Gasteiger charge is 2.42. The van der Waals surface area contributed by atoms with Gasteiger partial charge in [-0.15, -0.1) is 0 Å². The quantitative estimate of drug-likeness (QED) is 0.585. The monoisotopic (exact) mass is 380 g/mol. The van der Waals surface area contributed by atoms with Crippen molar-refractivity contribution in [1.82, 2.24) is 0 Å². The van der Waals surface area contributed by atoms with Gasteiger partial charge in [-0.25, -0.2) is 0 Å². The number of nitrogens with zero attached hydrogens (tertiary/aromatic N) is 2. The Labute approximate surface area is 169 Å². The average Bonchev–Trinajstić information content (AvgIpc) is 3.18. The fraction of sp³-hybridized carbons (Fsp3) is 0.120. The Morgan fingerprint density at radius 3 is 1.79 bits per heavy atom. The van der Waals surface area contributed by atoms with Crippen molar-refractivity contribution in [2.75, 3.05) is 9.80 Å². The van der Waals surface area contributed by atoms with Gasteiger partial charge >= 0.3 is 0 Å². The van der Waals surface area contributed by atoms with Gasteiger partial charge < -0.3 is 4.90 Å². The molecule has 4 heteroatoms. The lowest BCUT2D eigenvalue weighted by Gasteiger charge is -2.21. The lowest BCUT2D eigenvalue weighted by atomic mass is 9.96. The maximum atomic E-state index is 13.7. The topological polar surface area (TPSA) is 40.6 Å². The van der Waals surface area contributed by atoms with Crippen molar-refractivity contribution < 1.29 is 9.59 Å². The van der Waals surface area contributed by atoms with Gasteiger partial charge in [0.2, 0.25) is 0 Å². The second-order valence-corrected chi connectivity index (χ2v) is 7.53. The molecule has 0 N–H and O–H groups in total. The zero-order valence-corrected chi connectivity index (χ0v) is 16.3. The van der Waals surface area contributed by atoms with Gasteiger partial charge in [-0.1, -0.05) is 54.6 Å². The van der Waals surface area contributed by atoms with Crippen molar-refractivity contribution in [3.63, 3.8) is 0 Å². The van der Waals surface area contributed by atoms with E-state index in [1.165, 1.54) is 0 Å². The van der Waals surface area contributed by atoms with Crippen LogP contribution in [0.25, 0.3) is 11.1 Å². The smallest absolute Gasteiger partial charge is 0.264 e. The van der Waals surface area contributed by atoms with Gasteiger partial charge in [0.05, 0.1) is 22.5 Å². The number of amides is 2. The minimum atomic E-state index is -0.166. The number of benzene rings is 3. The van der Waals surface area contributed by atoms with Crippen molar-refractivity contribution in [3.05, 3.63) is 90.0 Å². The van der Waals surface area contributed by atoms with Crippen LogP contribution in [0, 0.1) is 0 Å². The van der Waals surface area contributed by atoms with Crippen LogP contribution < -0.4 is 9.80 Å². The molecule has 3 aromatic carbocycles. The molecule has 0 spiro atoms. The first-order valence-electron chi connectivity index (χ1n) is 9.75. The van der Waals surface area contributed by atoms with E-state index < -0.39 is 0 Å². The Hall–Kier alpha value is -3.66. The SMILES string of the molecule is CC(C)N1C(=O)/C(=C2\C(=O)N(c3ccccc3)c3ccccc32)c2ccccc21. The van der Waals surface area contributed by atoms with Crippen molar-refractivity contribution in [3.8, 4) is 0 Å². The molecule has 0 saturated carbocycles. The zero-order chi connectivity index (χ0) is 20.1. The van der Waals surface area contributed by atoms with Crippen LogP contribution in [0.15, 0.2) is 78.9 Å².